The van der Waals surface area contributed by atoms with Gasteiger partial charge in [-0.05, 0) is 46.9 Å². The van der Waals surface area contributed by atoms with Crippen LogP contribution >= 0.6 is 27.7 Å². The van der Waals surface area contributed by atoms with E-state index in [9.17, 15) is 14.4 Å². The third-order valence-electron chi connectivity index (χ3n) is 7.57. The molecule has 3 rings (SSSR count). The molecule has 0 spiro atoms. The number of amides is 2. The van der Waals surface area contributed by atoms with Gasteiger partial charge in [-0.15, -0.1) is 0 Å². The van der Waals surface area contributed by atoms with E-state index in [1.807, 2.05) is 0 Å². The first-order valence-electron chi connectivity index (χ1n) is 12.9. The maximum Gasteiger partial charge on any atom is 0.340 e. The van der Waals surface area contributed by atoms with Crippen molar-refractivity contribution in [3.8, 4) is 11.5 Å². The van der Waals surface area contributed by atoms with Gasteiger partial charge in [0, 0.05) is 23.1 Å². The quantitative estimate of drug-likeness (QED) is 0.336. The lowest BCUT2D eigenvalue weighted by atomic mass is 9.99. The lowest BCUT2D eigenvalue weighted by molar-refractivity contribution is -0.128. The first-order chi connectivity index (χ1) is 18.7. The van der Waals surface area contributed by atoms with Crippen LogP contribution in [0.15, 0.2) is 15.1 Å². The fraction of sp³-hybridized carbons (Fsp3) is 0.577. The van der Waals surface area contributed by atoms with Crippen LogP contribution in [0.1, 0.15) is 61.4 Å². The normalized spacial score (nSPS) is 17.9. The summed E-state index contributed by atoms with van der Waals surface area (Å²) >= 11 is 4.97. The number of hydrogen-bond donors (Lipinski definition) is 2. The Morgan fingerprint density at radius 2 is 1.90 bits per heavy atom. The molecule has 0 saturated heterocycles. The number of fused-ring (bicyclic) bond motifs is 1. The molecule has 14 heteroatoms. The van der Waals surface area contributed by atoms with Crippen molar-refractivity contribution in [1.82, 2.24) is 20.8 Å². The highest BCUT2D eigenvalue weighted by Crippen LogP contribution is 2.47. The van der Waals surface area contributed by atoms with E-state index in [4.69, 9.17) is 18.4 Å². The molecule has 0 radical (unpaired) electrons. The fourth-order valence-corrected chi connectivity index (χ4v) is 8.07. The van der Waals surface area contributed by atoms with Crippen LogP contribution in [0.2, 0.25) is 18.1 Å². The topological polar surface area (TPSA) is 142 Å². The van der Waals surface area contributed by atoms with Crippen LogP contribution in [0, 0.1) is 12.8 Å². The van der Waals surface area contributed by atoms with Crippen LogP contribution in [-0.4, -0.2) is 62.3 Å². The SMILES string of the molecule is COc1cc(O[Si](C)(C)C(C)(C)C(C)C)c2c(c1Br)C(=O)OCC(=O)NCC(=O)N[C@H](c1nc(C)no1)CSC2. The summed E-state index contributed by atoms with van der Waals surface area (Å²) in [7, 11) is -0.917. The standard InChI is InChI=1S/C26H37BrN4O7SSi/c1-14(2)26(4,5)40(7,8)38-18-9-19(35-6)23(27)22-16(18)12-39-13-17(24-29-15(3)31-37-24)30-20(32)10-28-21(33)11-36-25(22)34/h9,14,17H,10-13H2,1-8H3,(H,28,33)(H,30,32)/t17-/m0/s1. The van der Waals surface area contributed by atoms with Crippen LogP contribution in [0.25, 0.3) is 0 Å². The summed E-state index contributed by atoms with van der Waals surface area (Å²) in [6.07, 6.45) is 0. The molecule has 2 aromatic rings. The molecule has 1 aromatic heterocycles. The Hall–Kier alpha value is -2.58. The second-order valence-corrected chi connectivity index (χ2v) is 17.2. The second-order valence-electron chi connectivity index (χ2n) is 10.9. The number of aromatic nitrogens is 2. The van der Waals surface area contributed by atoms with Gasteiger partial charge in [0.05, 0.1) is 23.7 Å². The van der Waals surface area contributed by atoms with Gasteiger partial charge >= 0.3 is 5.97 Å². The van der Waals surface area contributed by atoms with E-state index in [0.717, 1.165) is 0 Å². The number of methoxy groups -OCH3 is 1. The Balaban J connectivity index is 2.11. The molecule has 2 N–H and O–H groups in total. The summed E-state index contributed by atoms with van der Waals surface area (Å²) in [5.41, 5.74) is 0.806. The molecule has 2 amide bonds. The third kappa shape index (κ3) is 7.18. The Bertz CT molecular complexity index is 1270. The number of rotatable bonds is 6. The molecule has 0 saturated carbocycles. The summed E-state index contributed by atoms with van der Waals surface area (Å²) in [5, 5.41) is 9.02. The monoisotopic (exact) mass is 656 g/mol. The molecule has 1 atom stereocenters. The molecule has 1 aromatic carbocycles. The van der Waals surface area contributed by atoms with E-state index in [0.29, 0.717) is 44.8 Å². The van der Waals surface area contributed by atoms with Crippen molar-refractivity contribution in [2.45, 2.75) is 64.5 Å². The minimum atomic E-state index is -2.42. The lowest BCUT2D eigenvalue weighted by Gasteiger charge is -2.43. The number of esters is 1. The van der Waals surface area contributed by atoms with Crippen LogP contribution < -0.4 is 19.8 Å². The van der Waals surface area contributed by atoms with Crippen LogP contribution in [0.5, 0.6) is 11.5 Å². The van der Waals surface area contributed by atoms with Gasteiger partial charge in [-0.25, -0.2) is 4.79 Å². The zero-order valence-electron chi connectivity index (χ0n) is 24.1. The molecule has 0 unspecified atom stereocenters. The summed E-state index contributed by atoms with van der Waals surface area (Å²) in [6.45, 7) is 13.8. The minimum Gasteiger partial charge on any atom is -0.543 e. The van der Waals surface area contributed by atoms with E-state index in [-0.39, 0.29) is 23.0 Å². The average molecular weight is 658 g/mol. The van der Waals surface area contributed by atoms with Gasteiger partial charge in [0.2, 0.25) is 11.8 Å². The molecule has 0 bridgehead atoms. The molecule has 2 heterocycles. The largest absolute Gasteiger partial charge is 0.543 e. The minimum absolute atomic E-state index is 0.112. The van der Waals surface area contributed by atoms with Crippen LogP contribution in [0.4, 0.5) is 0 Å². The van der Waals surface area contributed by atoms with Gasteiger partial charge in [-0.2, -0.15) is 16.7 Å². The maximum absolute atomic E-state index is 13.4. The first-order valence-corrected chi connectivity index (χ1v) is 17.7. The molecule has 11 nitrogen and oxygen atoms in total. The lowest BCUT2D eigenvalue weighted by Crippen LogP contribution is -2.48. The van der Waals surface area contributed by atoms with E-state index in [1.54, 1.807) is 13.0 Å². The van der Waals surface area contributed by atoms with Crippen molar-refractivity contribution in [1.29, 1.82) is 0 Å². The highest BCUT2D eigenvalue weighted by molar-refractivity contribution is 9.10. The van der Waals surface area contributed by atoms with Gasteiger partial charge < -0.3 is 29.1 Å². The molecule has 0 aliphatic carbocycles. The maximum atomic E-state index is 13.4. The zero-order chi connectivity index (χ0) is 29.8. The highest BCUT2D eigenvalue weighted by Gasteiger charge is 2.45. The van der Waals surface area contributed by atoms with Crippen molar-refractivity contribution in [2.24, 2.45) is 5.92 Å². The Kier molecular flexibility index (Phi) is 10.3. The van der Waals surface area contributed by atoms with E-state index < -0.39 is 38.7 Å². The Morgan fingerprint density at radius 3 is 2.50 bits per heavy atom. The fourth-order valence-electron chi connectivity index (χ4n) is 3.93. The molecule has 1 aliphatic rings. The molecular formula is C26H37BrN4O7SSi. The summed E-state index contributed by atoms with van der Waals surface area (Å²) in [5.74, 6) is 0.823. The number of cyclic esters (lactones) is 1. The summed E-state index contributed by atoms with van der Waals surface area (Å²) in [6, 6.07) is 1.16. The Labute approximate surface area is 248 Å². The molecule has 220 valence electrons. The summed E-state index contributed by atoms with van der Waals surface area (Å²) < 4.78 is 23.5. The molecular weight excluding hydrogens is 620 g/mol. The number of benzene rings is 1. The molecule has 40 heavy (non-hydrogen) atoms. The zero-order valence-corrected chi connectivity index (χ0v) is 27.5. The van der Waals surface area contributed by atoms with E-state index in [2.05, 4.69) is 77.5 Å². The number of carbonyl (C=O) groups excluding carboxylic acids is 3. The van der Waals surface area contributed by atoms with Crippen molar-refractivity contribution in [3.63, 3.8) is 0 Å². The highest BCUT2D eigenvalue weighted by atomic mass is 79.9. The van der Waals surface area contributed by atoms with E-state index >= 15 is 0 Å². The molecule has 0 fully saturated rings. The van der Waals surface area contributed by atoms with Crippen molar-refractivity contribution < 1.29 is 32.8 Å². The van der Waals surface area contributed by atoms with Gasteiger partial charge in [0.25, 0.3) is 14.2 Å². The number of nitrogens with one attached hydrogen (secondary N) is 2. The number of aryl methyl sites for hydroxylation is 1. The van der Waals surface area contributed by atoms with Crippen molar-refractivity contribution in [2.75, 3.05) is 26.0 Å². The number of thioether (sulfide) groups is 1. The predicted molar refractivity (Wildman–Crippen MR) is 157 cm³/mol. The molecule has 1 aliphatic heterocycles. The van der Waals surface area contributed by atoms with E-state index in [1.165, 1.54) is 18.9 Å². The number of nitrogens with zero attached hydrogens (tertiary/aromatic N) is 2. The number of halogens is 1. The van der Waals surface area contributed by atoms with Crippen molar-refractivity contribution >= 4 is 53.8 Å². The smallest absolute Gasteiger partial charge is 0.340 e. The van der Waals surface area contributed by atoms with Crippen LogP contribution in [-0.2, 0) is 20.1 Å². The summed E-state index contributed by atoms with van der Waals surface area (Å²) in [4.78, 5) is 42.6. The first kappa shape index (κ1) is 31.9. The third-order valence-corrected chi connectivity index (χ3v) is 13.8. The predicted octanol–water partition coefficient (Wildman–Crippen LogP) is 4.55. The number of carbonyl (C=O) groups is 3. The van der Waals surface area contributed by atoms with Crippen molar-refractivity contribution in [3.05, 3.63) is 33.4 Å². The number of ether oxygens (including phenoxy) is 2. The van der Waals surface area contributed by atoms with Gasteiger partial charge in [-0.1, -0.05) is 32.9 Å². The van der Waals surface area contributed by atoms with Crippen LogP contribution in [0.3, 0.4) is 0 Å². The second kappa shape index (κ2) is 12.9. The van der Waals surface area contributed by atoms with Gasteiger partial charge in [0.1, 0.15) is 17.5 Å². The Morgan fingerprint density at radius 1 is 1.20 bits per heavy atom. The average Bonchev–Trinajstić information content (AvgIpc) is 3.32. The number of hydrogen-bond acceptors (Lipinski definition) is 10. The van der Waals surface area contributed by atoms with Gasteiger partial charge in [0.15, 0.2) is 12.4 Å². The van der Waals surface area contributed by atoms with Gasteiger partial charge in [-0.3, -0.25) is 9.59 Å².